The van der Waals surface area contributed by atoms with Crippen molar-refractivity contribution < 1.29 is 73.7 Å². The molecule has 8 N–H and O–H groups in total. The van der Waals surface area contributed by atoms with Crippen molar-refractivity contribution in [1.82, 2.24) is 0 Å². The highest BCUT2D eigenvalue weighted by molar-refractivity contribution is 5.66. The number of aliphatic hydroxyl groups excluding tert-OH is 6. The van der Waals surface area contributed by atoms with Crippen molar-refractivity contribution in [1.29, 1.82) is 0 Å². The molecule has 18 unspecified atom stereocenters. The molecule has 0 amide bonds. The first-order chi connectivity index (χ1) is 25.4. The summed E-state index contributed by atoms with van der Waals surface area (Å²) < 4.78 is 34.5. The molecule has 16 nitrogen and oxygen atoms in total. The summed E-state index contributed by atoms with van der Waals surface area (Å²) in [4.78, 5) is 24.3. The Morgan fingerprint density at radius 2 is 1.59 bits per heavy atom. The molecule has 18 atom stereocenters. The molecule has 0 aromatic carbocycles. The van der Waals surface area contributed by atoms with E-state index in [1.54, 1.807) is 13.0 Å². The van der Waals surface area contributed by atoms with Crippen molar-refractivity contribution in [2.45, 2.75) is 163 Å². The van der Waals surface area contributed by atoms with Crippen molar-refractivity contribution in [2.24, 2.45) is 16.7 Å². The molecule has 3 heterocycles. The molecule has 5 fully saturated rings. The van der Waals surface area contributed by atoms with Gasteiger partial charge < -0.3 is 69.0 Å². The Labute approximate surface area is 312 Å². The normalized spacial score (nSPS) is 50.3. The summed E-state index contributed by atoms with van der Waals surface area (Å²) in [5, 5.41) is 88.2. The molecule has 3 saturated carbocycles. The molecule has 302 valence electrons. The van der Waals surface area contributed by atoms with Crippen LogP contribution in [0.2, 0.25) is 0 Å². The first-order valence-corrected chi connectivity index (χ1v) is 18.9. The van der Waals surface area contributed by atoms with E-state index >= 15 is 0 Å². The fourth-order valence-corrected chi connectivity index (χ4v) is 11.1. The Hall–Kier alpha value is -2.32. The molecule has 54 heavy (non-hydrogen) atoms. The molecule has 0 spiro atoms. The Bertz CT molecular complexity index is 1630. The van der Waals surface area contributed by atoms with Crippen LogP contribution in [0, 0.1) is 16.7 Å². The minimum atomic E-state index is -1.73. The average molecular weight is 767 g/mol. The van der Waals surface area contributed by atoms with E-state index in [1.807, 2.05) is 19.9 Å². The lowest BCUT2D eigenvalue weighted by atomic mass is 9.42. The highest BCUT2D eigenvalue weighted by Crippen LogP contribution is 2.71. The molecule has 6 aliphatic rings. The van der Waals surface area contributed by atoms with Crippen molar-refractivity contribution in [2.75, 3.05) is 6.61 Å². The summed E-state index contributed by atoms with van der Waals surface area (Å²) in [6.07, 6.45) is -10.1. The molecule has 16 heteroatoms. The van der Waals surface area contributed by atoms with Crippen molar-refractivity contribution in [3.63, 3.8) is 0 Å². The zero-order chi connectivity index (χ0) is 39.1. The van der Waals surface area contributed by atoms with E-state index in [0.29, 0.717) is 38.5 Å². The van der Waals surface area contributed by atoms with Gasteiger partial charge in [0.05, 0.1) is 30.7 Å². The lowest BCUT2D eigenvalue weighted by Crippen LogP contribution is -2.73. The maximum Gasteiger partial charge on any atom is 0.335 e. The summed E-state index contributed by atoms with van der Waals surface area (Å²) in [6.45, 7) is 6.17. The van der Waals surface area contributed by atoms with E-state index in [0.717, 1.165) is 11.1 Å². The third-order valence-electron chi connectivity index (χ3n) is 14.0. The van der Waals surface area contributed by atoms with E-state index in [1.165, 1.54) is 19.3 Å². The quantitative estimate of drug-likeness (QED) is 0.129. The van der Waals surface area contributed by atoms with Crippen LogP contribution in [0.4, 0.5) is 0 Å². The monoisotopic (exact) mass is 766 g/mol. The van der Waals surface area contributed by atoms with Crippen LogP contribution in [-0.4, -0.2) is 138 Å². The number of carbonyl (C=O) groups is 1. The largest absolute Gasteiger partial charge is 0.458 e. The van der Waals surface area contributed by atoms with E-state index in [2.05, 4.69) is 0 Å². The maximum absolute atomic E-state index is 12.9. The predicted octanol–water partition coefficient (Wildman–Crippen LogP) is -0.505. The standard InChI is InChI=1S/C38H54O16/c1-17-32(54-34-30(45)28(43)27(42)24(15-39)53-34)29(44)31(46)33(50-17)52-20-7-10-35(3)22(13-20)23(51-18(2)40)14-37(47)25(35)9-11-36(4)21(8-12-38(36,37)48)19-5-6-26(41)49-16-19/h5-6,13,16-17,20-21,23-25,27-34,39,42-48H,7-12,14-15H2,1-4H3. The van der Waals surface area contributed by atoms with Crippen LogP contribution in [0.25, 0.3) is 0 Å². The molecule has 0 bridgehead atoms. The summed E-state index contributed by atoms with van der Waals surface area (Å²) in [5.74, 6) is -1.15. The minimum absolute atomic E-state index is 0.0522. The first-order valence-electron chi connectivity index (χ1n) is 18.9. The third-order valence-corrected chi connectivity index (χ3v) is 14.0. The summed E-state index contributed by atoms with van der Waals surface area (Å²) in [5.41, 5.74) is -3.63. The Kier molecular flexibility index (Phi) is 10.5. The summed E-state index contributed by atoms with van der Waals surface area (Å²) in [7, 11) is 0. The highest BCUT2D eigenvalue weighted by Gasteiger charge is 2.75. The molecular formula is C38H54O16. The zero-order valence-electron chi connectivity index (χ0n) is 30.9. The van der Waals surface area contributed by atoms with Crippen LogP contribution in [0.3, 0.4) is 0 Å². The molecule has 2 saturated heterocycles. The van der Waals surface area contributed by atoms with Gasteiger partial charge in [-0.25, -0.2) is 4.79 Å². The van der Waals surface area contributed by atoms with Crippen LogP contribution < -0.4 is 5.63 Å². The van der Waals surface area contributed by atoms with Gasteiger partial charge in [-0.2, -0.15) is 0 Å². The number of hydrogen-bond acceptors (Lipinski definition) is 16. The number of hydrogen-bond donors (Lipinski definition) is 8. The van der Waals surface area contributed by atoms with Gasteiger partial charge in [0.15, 0.2) is 12.6 Å². The van der Waals surface area contributed by atoms with Gasteiger partial charge in [-0.05, 0) is 79.9 Å². The second kappa shape index (κ2) is 14.3. The van der Waals surface area contributed by atoms with Gasteiger partial charge in [0.25, 0.3) is 0 Å². The van der Waals surface area contributed by atoms with Crippen molar-refractivity contribution >= 4 is 5.97 Å². The number of fused-ring (bicyclic) bond motifs is 5. The molecule has 7 rings (SSSR count). The topological polar surface area (TPSA) is 255 Å². The van der Waals surface area contributed by atoms with Crippen molar-refractivity contribution in [3.05, 3.63) is 46.0 Å². The lowest BCUT2D eigenvalue weighted by Gasteiger charge is -2.66. The number of ether oxygens (including phenoxy) is 5. The number of carbonyl (C=O) groups excluding carboxylic acids is 1. The maximum atomic E-state index is 12.9. The third kappa shape index (κ3) is 6.12. The fraction of sp³-hybridized carbons (Fsp3) is 0.789. The van der Waals surface area contributed by atoms with Gasteiger partial charge in [0.2, 0.25) is 0 Å². The SMILES string of the molecule is CC(=O)OC1CC2(O)C(CCC3(C)C(c4ccc(=O)oc4)CCC32O)C2(C)CCC(OC3OC(C)C(OC4OC(CO)C(O)C(O)C4O)C(O)C3O)C=C12. The number of esters is 1. The molecule has 2 aliphatic heterocycles. The number of aliphatic hydroxyl groups is 8. The fourth-order valence-electron chi connectivity index (χ4n) is 11.1. The highest BCUT2D eigenvalue weighted by atomic mass is 16.7. The van der Waals surface area contributed by atoms with Gasteiger partial charge in [0.1, 0.15) is 54.4 Å². The first kappa shape index (κ1) is 39.9. The Morgan fingerprint density at radius 3 is 2.26 bits per heavy atom. The molecule has 0 radical (unpaired) electrons. The summed E-state index contributed by atoms with van der Waals surface area (Å²) in [6, 6.07) is 3.08. The van der Waals surface area contributed by atoms with Crippen LogP contribution in [0.5, 0.6) is 0 Å². The van der Waals surface area contributed by atoms with E-state index < -0.39 is 120 Å². The van der Waals surface area contributed by atoms with Crippen LogP contribution in [0.15, 0.2) is 39.3 Å². The lowest BCUT2D eigenvalue weighted by molar-refractivity contribution is -0.358. The predicted molar refractivity (Wildman–Crippen MR) is 183 cm³/mol. The van der Waals surface area contributed by atoms with Gasteiger partial charge in [-0.1, -0.05) is 19.9 Å². The smallest absolute Gasteiger partial charge is 0.335 e. The Morgan fingerprint density at radius 1 is 0.889 bits per heavy atom. The molecule has 4 aliphatic carbocycles. The second-order valence-electron chi connectivity index (χ2n) is 16.8. The van der Waals surface area contributed by atoms with E-state index in [4.69, 9.17) is 28.1 Å². The molecule has 1 aromatic heterocycles. The van der Waals surface area contributed by atoms with Gasteiger partial charge in [0, 0.05) is 24.8 Å². The average Bonchev–Trinajstić information content (AvgIpc) is 3.40. The minimum Gasteiger partial charge on any atom is -0.458 e. The zero-order valence-corrected chi connectivity index (χ0v) is 30.9. The van der Waals surface area contributed by atoms with E-state index in [-0.39, 0.29) is 12.3 Å². The van der Waals surface area contributed by atoms with E-state index in [9.17, 15) is 50.4 Å². The second-order valence-corrected chi connectivity index (χ2v) is 16.8. The van der Waals surface area contributed by atoms with Gasteiger partial charge in [-0.15, -0.1) is 0 Å². The molecular weight excluding hydrogens is 712 g/mol. The molecule has 1 aromatic rings. The number of rotatable bonds is 7. The van der Waals surface area contributed by atoms with Gasteiger partial charge in [-0.3, -0.25) is 4.79 Å². The van der Waals surface area contributed by atoms with Crippen LogP contribution in [0.1, 0.15) is 84.1 Å². The van der Waals surface area contributed by atoms with Gasteiger partial charge >= 0.3 is 11.6 Å². The van der Waals surface area contributed by atoms with Crippen LogP contribution >= 0.6 is 0 Å². The van der Waals surface area contributed by atoms with Crippen molar-refractivity contribution in [3.8, 4) is 0 Å². The Balaban J connectivity index is 1.10. The van der Waals surface area contributed by atoms with Crippen LogP contribution in [-0.2, 0) is 28.5 Å². The summed E-state index contributed by atoms with van der Waals surface area (Å²) >= 11 is 0.